The molecule has 3 heteroatoms. The summed E-state index contributed by atoms with van der Waals surface area (Å²) in [4.78, 5) is 0. The summed E-state index contributed by atoms with van der Waals surface area (Å²) in [7, 11) is 0. The van der Waals surface area contributed by atoms with Crippen LogP contribution in [0.2, 0.25) is 0 Å². The lowest BCUT2D eigenvalue weighted by Crippen LogP contribution is -2.36. The van der Waals surface area contributed by atoms with E-state index in [0.717, 1.165) is 0 Å². The maximum absolute atomic E-state index is 14.4. The second kappa shape index (κ2) is 6.32. The smallest absolute Gasteiger partial charge is 0.147 e. The van der Waals surface area contributed by atoms with Crippen LogP contribution in [0.3, 0.4) is 0 Å². The van der Waals surface area contributed by atoms with Crippen molar-refractivity contribution in [3.8, 4) is 0 Å². The van der Waals surface area contributed by atoms with Gasteiger partial charge in [-0.1, -0.05) is 78.9 Å². The average Bonchev–Trinajstić information content (AvgIpc) is 2.62. The van der Waals surface area contributed by atoms with Crippen LogP contribution >= 0.6 is 0 Å². The molecule has 0 aromatic heterocycles. The van der Waals surface area contributed by atoms with Crippen LogP contribution in [-0.4, -0.2) is 10.2 Å². The van der Waals surface area contributed by atoms with Gasteiger partial charge in [0.1, 0.15) is 17.5 Å². The van der Waals surface area contributed by atoms with Crippen molar-refractivity contribution >= 4 is 0 Å². The second-order valence-electron chi connectivity index (χ2n) is 5.43. The molecule has 0 spiro atoms. The van der Waals surface area contributed by atoms with E-state index in [9.17, 15) is 14.6 Å². The molecule has 0 saturated heterocycles. The van der Waals surface area contributed by atoms with Gasteiger partial charge in [-0.3, -0.25) is 0 Å². The minimum atomic E-state index is -1.88. The van der Waals surface area contributed by atoms with Crippen molar-refractivity contribution in [2.75, 3.05) is 0 Å². The molecule has 0 fully saturated rings. The molecule has 0 aliphatic heterocycles. The fourth-order valence-electron chi connectivity index (χ4n) is 2.80. The Morgan fingerprint density at radius 1 is 0.739 bits per heavy atom. The van der Waals surface area contributed by atoms with Gasteiger partial charge in [0.15, 0.2) is 0 Å². The van der Waals surface area contributed by atoms with Crippen molar-refractivity contribution in [2.45, 2.75) is 11.7 Å². The number of hydrogen-bond acceptors (Lipinski definition) is 2. The maximum atomic E-state index is 14.4. The Morgan fingerprint density at radius 3 is 1.87 bits per heavy atom. The van der Waals surface area contributed by atoms with Gasteiger partial charge in [0.2, 0.25) is 0 Å². The van der Waals surface area contributed by atoms with Crippen LogP contribution in [0.15, 0.2) is 84.9 Å². The highest BCUT2D eigenvalue weighted by atomic mass is 19.1. The summed E-state index contributed by atoms with van der Waals surface area (Å²) in [6, 6.07) is 23.4. The van der Waals surface area contributed by atoms with Crippen LogP contribution in [-0.2, 0) is 5.60 Å². The third-order valence-electron chi connectivity index (χ3n) is 4.01. The molecule has 0 bridgehead atoms. The Labute approximate surface area is 134 Å². The number of halogens is 1. The lowest BCUT2D eigenvalue weighted by atomic mass is 9.79. The van der Waals surface area contributed by atoms with Gasteiger partial charge in [-0.25, -0.2) is 4.39 Å². The lowest BCUT2D eigenvalue weighted by molar-refractivity contribution is -0.0539. The summed E-state index contributed by atoms with van der Waals surface area (Å²) in [5.41, 5.74) is -0.889. The molecular weight excluding hydrogens is 291 g/mol. The van der Waals surface area contributed by atoms with E-state index in [2.05, 4.69) is 0 Å². The van der Waals surface area contributed by atoms with Crippen molar-refractivity contribution in [1.29, 1.82) is 0 Å². The normalized spacial score (nSPS) is 14.9. The van der Waals surface area contributed by atoms with Gasteiger partial charge in [0.25, 0.3) is 0 Å². The molecule has 2 unspecified atom stereocenters. The highest BCUT2D eigenvalue weighted by Crippen LogP contribution is 2.41. The molecule has 2 N–H and O–H groups in total. The molecule has 0 amide bonds. The zero-order chi connectivity index (χ0) is 16.3. The fourth-order valence-corrected chi connectivity index (χ4v) is 2.80. The predicted molar refractivity (Wildman–Crippen MR) is 87.2 cm³/mol. The molecule has 0 radical (unpaired) electrons. The van der Waals surface area contributed by atoms with Gasteiger partial charge in [0.05, 0.1) is 0 Å². The largest absolute Gasteiger partial charge is 0.385 e. The molecule has 2 atom stereocenters. The number of hydrogen-bond donors (Lipinski definition) is 2. The van der Waals surface area contributed by atoms with Crippen molar-refractivity contribution in [3.05, 3.63) is 107 Å². The third-order valence-corrected chi connectivity index (χ3v) is 4.01. The summed E-state index contributed by atoms with van der Waals surface area (Å²) in [5.74, 6) is -0.561. The minimum absolute atomic E-state index is 0.0440. The Hall–Kier alpha value is -2.49. The SMILES string of the molecule is OC(c1ccccc1)C(O)(c1ccccc1)c1ccccc1F. The Kier molecular flexibility index (Phi) is 4.24. The maximum Gasteiger partial charge on any atom is 0.147 e. The highest BCUT2D eigenvalue weighted by molar-refractivity contribution is 5.41. The number of aliphatic hydroxyl groups excluding tert-OH is 1. The molecule has 0 aliphatic carbocycles. The van der Waals surface area contributed by atoms with Gasteiger partial charge in [0, 0.05) is 5.56 Å². The predicted octanol–water partition coefficient (Wildman–Crippen LogP) is 3.80. The quantitative estimate of drug-likeness (QED) is 0.770. The molecule has 116 valence electrons. The standard InChI is InChI=1S/C20H17FO2/c21-18-14-8-7-13-17(18)20(23,16-11-5-2-6-12-16)19(22)15-9-3-1-4-10-15/h1-14,19,22-23H. The average molecular weight is 308 g/mol. The fraction of sp³-hybridized carbons (Fsp3) is 0.100. The molecule has 23 heavy (non-hydrogen) atoms. The molecule has 0 aliphatic rings. The third kappa shape index (κ3) is 2.77. The van der Waals surface area contributed by atoms with Gasteiger partial charge < -0.3 is 10.2 Å². The van der Waals surface area contributed by atoms with E-state index in [0.29, 0.717) is 11.1 Å². The number of benzene rings is 3. The van der Waals surface area contributed by atoms with E-state index in [1.807, 2.05) is 6.07 Å². The first-order valence-electron chi connectivity index (χ1n) is 7.40. The van der Waals surface area contributed by atoms with Crippen LogP contribution in [0.25, 0.3) is 0 Å². The molecule has 0 heterocycles. The Morgan fingerprint density at radius 2 is 1.26 bits per heavy atom. The summed E-state index contributed by atoms with van der Waals surface area (Å²) < 4.78 is 14.4. The van der Waals surface area contributed by atoms with Gasteiger partial charge in [-0.2, -0.15) is 0 Å². The molecule has 3 aromatic carbocycles. The minimum Gasteiger partial charge on any atom is -0.385 e. The zero-order valence-electron chi connectivity index (χ0n) is 12.4. The first-order valence-corrected chi connectivity index (χ1v) is 7.40. The second-order valence-corrected chi connectivity index (χ2v) is 5.43. The van der Waals surface area contributed by atoms with E-state index >= 15 is 0 Å². The van der Waals surface area contributed by atoms with Gasteiger partial charge >= 0.3 is 0 Å². The van der Waals surface area contributed by atoms with Crippen LogP contribution < -0.4 is 0 Å². The van der Waals surface area contributed by atoms with Crippen LogP contribution in [0.5, 0.6) is 0 Å². The van der Waals surface area contributed by atoms with Crippen molar-refractivity contribution in [2.24, 2.45) is 0 Å². The summed E-state index contributed by atoms with van der Waals surface area (Å²) >= 11 is 0. The lowest BCUT2D eigenvalue weighted by Gasteiger charge is -2.34. The Bertz CT molecular complexity index is 774. The molecular formula is C20H17FO2. The molecule has 3 aromatic rings. The Balaban J connectivity index is 2.21. The highest BCUT2D eigenvalue weighted by Gasteiger charge is 2.42. The number of aliphatic hydroxyl groups is 2. The van der Waals surface area contributed by atoms with Crippen molar-refractivity contribution in [1.82, 2.24) is 0 Å². The van der Waals surface area contributed by atoms with Crippen molar-refractivity contribution in [3.63, 3.8) is 0 Å². The van der Waals surface area contributed by atoms with Gasteiger partial charge in [-0.15, -0.1) is 0 Å². The van der Waals surface area contributed by atoms with Crippen LogP contribution in [0.4, 0.5) is 4.39 Å². The zero-order valence-corrected chi connectivity index (χ0v) is 12.4. The van der Waals surface area contributed by atoms with E-state index in [1.165, 1.54) is 12.1 Å². The van der Waals surface area contributed by atoms with Crippen LogP contribution in [0, 0.1) is 5.82 Å². The van der Waals surface area contributed by atoms with E-state index in [-0.39, 0.29) is 5.56 Å². The van der Waals surface area contributed by atoms with E-state index in [1.54, 1.807) is 66.7 Å². The first kappa shape index (κ1) is 15.4. The molecule has 2 nitrogen and oxygen atoms in total. The first-order chi connectivity index (χ1) is 11.1. The van der Waals surface area contributed by atoms with Crippen LogP contribution in [0.1, 0.15) is 22.8 Å². The van der Waals surface area contributed by atoms with E-state index < -0.39 is 17.5 Å². The van der Waals surface area contributed by atoms with Gasteiger partial charge in [-0.05, 0) is 17.2 Å². The number of rotatable bonds is 4. The van der Waals surface area contributed by atoms with Crippen molar-refractivity contribution < 1.29 is 14.6 Å². The monoisotopic (exact) mass is 308 g/mol. The molecule has 0 saturated carbocycles. The molecule has 3 rings (SSSR count). The van der Waals surface area contributed by atoms with E-state index in [4.69, 9.17) is 0 Å². The topological polar surface area (TPSA) is 40.5 Å². The summed E-state index contributed by atoms with van der Waals surface area (Å²) in [6.45, 7) is 0. The summed E-state index contributed by atoms with van der Waals surface area (Å²) in [6.07, 6.45) is -1.30. The summed E-state index contributed by atoms with van der Waals surface area (Å²) in [5, 5.41) is 22.2.